The summed E-state index contributed by atoms with van der Waals surface area (Å²) in [5.41, 5.74) is 6.23. The number of carbonyl (C=O) groups excluding carboxylic acids is 2. The molecule has 3 aromatic rings. The van der Waals surface area contributed by atoms with Gasteiger partial charge in [-0.05, 0) is 31.2 Å². The Morgan fingerprint density at radius 3 is 2.54 bits per heavy atom. The maximum atomic E-state index is 12.3. The van der Waals surface area contributed by atoms with Crippen LogP contribution in [0.5, 0.6) is 0 Å². The van der Waals surface area contributed by atoms with Crippen LogP contribution in [0.3, 0.4) is 0 Å². The summed E-state index contributed by atoms with van der Waals surface area (Å²) in [6.07, 6.45) is 0. The Morgan fingerprint density at radius 1 is 1.08 bits per heavy atom. The van der Waals surface area contributed by atoms with E-state index in [1.807, 2.05) is 18.2 Å². The van der Waals surface area contributed by atoms with Crippen molar-refractivity contribution in [3.8, 4) is 0 Å². The third kappa shape index (κ3) is 3.16. The van der Waals surface area contributed by atoms with Gasteiger partial charge in [-0.3, -0.25) is 20.4 Å². The normalized spacial score (nSPS) is 10.6. The number of para-hydroxylation sites is 1. The highest BCUT2D eigenvalue weighted by molar-refractivity contribution is 9.10. The number of furan rings is 1. The topological polar surface area (TPSA) is 71.3 Å². The van der Waals surface area contributed by atoms with Crippen LogP contribution in [0.1, 0.15) is 26.5 Å². The van der Waals surface area contributed by atoms with Gasteiger partial charge in [0, 0.05) is 15.4 Å². The van der Waals surface area contributed by atoms with Crippen molar-refractivity contribution in [2.75, 3.05) is 0 Å². The molecule has 122 valence electrons. The summed E-state index contributed by atoms with van der Waals surface area (Å²) in [6.45, 7) is 1.79. The van der Waals surface area contributed by atoms with E-state index in [1.54, 1.807) is 31.2 Å². The molecule has 5 nitrogen and oxygen atoms in total. The van der Waals surface area contributed by atoms with E-state index in [9.17, 15) is 9.59 Å². The highest BCUT2D eigenvalue weighted by Crippen LogP contribution is 2.24. The van der Waals surface area contributed by atoms with Crippen LogP contribution < -0.4 is 10.9 Å². The van der Waals surface area contributed by atoms with Gasteiger partial charge in [-0.15, -0.1) is 0 Å². The van der Waals surface area contributed by atoms with Crippen molar-refractivity contribution in [3.05, 3.63) is 68.8 Å². The van der Waals surface area contributed by atoms with Gasteiger partial charge in [0.1, 0.15) is 5.58 Å². The summed E-state index contributed by atoms with van der Waals surface area (Å²) in [4.78, 5) is 24.4. The van der Waals surface area contributed by atoms with Gasteiger partial charge < -0.3 is 4.42 Å². The summed E-state index contributed by atoms with van der Waals surface area (Å²) in [5, 5.41) is 1.13. The molecule has 0 unspecified atom stereocenters. The van der Waals surface area contributed by atoms with Crippen molar-refractivity contribution in [1.29, 1.82) is 0 Å². The van der Waals surface area contributed by atoms with Crippen LogP contribution in [0.4, 0.5) is 0 Å². The van der Waals surface area contributed by atoms with Gasteiger partial charge in [0.25, 0.3) is 5.91 Å². The number of amides is 2. The Kier molecular flexibility index (Phi) is 4.59. The molecule has 0 atom stereocenters. The number of rotatable bonds is 2. The number of fused-ring (bicyclic) bond motifs is 1. The first-order valence-electron chi connectivity index (χ1n) is 7.01. The third-order valence-corrected chi connectivity index (χ3v) is 4.34. The molecular formula is C17H12BrClN2O3. The minimum atomic E-state index is -0.539. The number of hydrogen-bond acceptors (Lipinski definition) is 3. The Labute approximate surface area is 151 Å². The second-order valence-electron chi connectivity index (χ2n) is 5.08. The minimum Gasteiger partial charge on any atom is -0.451 e. The molecule has 3 rings (SSSR count). The number of aryl methyl sites for hydroxylation is 1. The van der Waals surface area contributed by atoms with Crippen LogP contribution in [0, 0.1) is 6.92 Å². The molecule has 2 aromatic carbocycles. The molecule has 24 heavy (non-hydrogen) atoms. The van der Waals surface area contributed by atoms with Crippen molar-refractivity contribution >= 4 is 50.3 Å². The summed E-state index contributed by atoms with van der Waals surface area (Å²) < 4.78 is 6.25. The highest BCUT2D eigenvalue weighted by atomic mass is 79.9. The van der Waals surface area contributed by atoms with Crippen molar-refractivity contribution in [1.82, 2.24) is 10.9 Å². The number of carbonyl (C=O) groups is 2. The molecule has 1 aromatic heterocycles. The van der Waals surface area contributed by atoms with Gasteiger partial charge in [0.05, 0.1) is 10.6 Å². The Morgan fingerprint density at radius 2 is 1.79 bits per heavy atom. The molecular weight excluding hydrogens is 396 g/mol. The van der Waals surface area contributed by atoms with Gasteiger partial charge in [-0.25, -0.2) is 0 Å². The van der Waals surface area contributed by atoms with Crippen molar-refractivity contribution in [3.63, 3.8) is 0 Å². The van der Waals surface area contributed by atoms with Crippen molar-refractivity contribution in [2.24, 2.45) is 0 Å². The molecule has 0 saturated heterocycles. The molecule has 1 heterocycles. The quantitative estimate of drug-likeness (QED) is 0.624. The van der Waals surface area contributed by atoms with Crippen LogP contribution in [0.25, 0.3) is 11.0 Å². The van der Waals surface area contributed by atoms with Crippen LogP contribution >= 0.6 is 27.5 Å². The van der Waals surface area contributed by atoms with Gasteiger partial charge in [0.2, 0.25) is 0 Å². The minimum absolute atomic E-state index is 0.150. The smallest absolute Gasteiger partial charge is 0.305 e. The van der Waals surface area contributed by atoms with Crippen LogP contribution in [0.15, 0.2) is 51.4 Å². The Bertz CT molecular complexity index is 952. The zero-order valence-electron chi connectivity index (χ0n) is 12.5. The lowest BCUT2D eigenvalue weighted by Crippen LogP contribution is -2.41. The number of hydrazine groups is 1. The fourth-order valence-corrected chi connectivity index (χ4v) is 2.86. The van der Waals surface area contributed by atoms with E-state index < -0.39 is 11.8 Å². The van der Waals surface area contributed by atoms with Gasteiger partial charge in [-0.2, -0.15) is 0 Å². The second kappa shape index (κ2) is 6.67. The predicted octanol–water partition coefficient (Wildman–Crippen LogP) is 4.23. The fourth-order valence-electron chi connectivity index (χ4n) is 2.30. The van der Waals surface area contributed by atoms with Crippen molar-refractivity contribution in [2.45, 2.75) is 6.92 Å². The lowest BCUT2D eigenvalue weighted by atomic mass is 10.1. The molecule has 0 bridgehead atoms. The van der Waals surface area contributed by atoms with Crippen LogP contribution in [0.2, 0.25) is 5.02 Å². The lowest BCUT2D eigenvalue weighted by molar-refractivity contribution is 0.0831. The Hall–Kier alpha value is -2.31. The molecule has 0 aliphatic carbocycles. The zero-order valence-corrected chi connectivity index (χ0v) is 14.9. The molecule has 2 amide bonds. The SMILES string of the molecule is Cc1c(C(=O)NNC(=O)c2cc(Br)ccc2Cl)oc2ccccc12. The molecule has 0 aliphatic heterocycles. The zero-order chi connectivity index (χ0) is 17.3. The number of nitrogens with one attached hydrogen (secondary N) is 2. The van der Waals surface area contributed by atoms with Crippen LogP contribution in [-0.4, -0.2) is 11.8 Å². The Balaban J connectivity index is 1.76. The lowest BCUT2D eigenvalue weighted by Gasteiger charge is -2.08. The first-order valence-corrected chi connectivity index (χ1v) is 8.18. The van der Waals surface area contributed by atoms with E-state index in [2.05, 4.69) is 26.8 Å². The summed E-state index contributed by atoms with van der Waals surface area (Å²) in [7, 11) is 0. The van der Waals surface area contributed by atoms with E-state index in [1.165, 1.54) is 0 Å². The molecule has 0 radical (unpaired) electrons. The van der Waals surface area contributed by atoms with E-state index in [-0.39, 0.29) is 16.3 Å². The van der Waals surface area contributed by atoms with E-state index in [0.717, 1.165) is 5.39 Å². The van der Waals surface area contributed by atoms with Crippen molar-refractivity contribution < 1.29 is 14.0 Å². The molecule has 0 saturated carbocycles. The van der Waals surface area contributed by atoms with Gasteiger partial charge >= 0.3 is 5.91 Å². The van der Waals surface area contributed by atoms with E-state index in [0.29, 0.717) is 15.6 Å². The van der Waals surface area contributed by atoms with E-state index in [4.69, 9.17) is 16.0 Å². The molecule has 0 spiro atoms. The third-order valence-electron chi connectivity index (χ3n) is 3.51. The predicted molar refractivity (Wildman–Crippen MR) is 95.0 cm³/mol. The maximum absolute atomic E-state index is 12.3. The fraction of sp³-hybridized carbons (Fsp3) is 0.0588. The largest absolute Gasteiger partial charge is 0.451 e. The number of hydrogen-bond donors (Lipinski definition) is 2. The monoisotopic (exact) mass is 406 g/mol. The van der Waals surface area contributed by atoms with Gasteiger partial charge in [0.15, 0.2) is 5.76 Å². The summed E-state index contributed by atoms with van der Waals surface area (Å²) in [6, 6.07) is 12.2. The first-order chi connectivity index (χ1) is 11.5. The van der Waals surface area contributed by atoms with E-state index >= 15 is 0 Å². The second-order valence-corrected chi connectivity index (χ2v) is 6.41. The standard InChI is InChI=1S/C17H12BrClN2O3/c1-9-11-4-2-3-5-14(11)24-15(9)17(23)21-20-16(22)12-8-10(18)6-7-13(12)19/h2-8H,1H3,(H,20,22)(H,21,23). The molecule has 0 aliphatic rings. The first kappa shape index (κ1) is 16.5. The molecule has 0 fully saturated rings. The average molecular weight is 408 g/mol. The molecule has 2 N–H and O–H groups in total. The van der Waals surface area contributed by atoms with Gasteiger partial charge in [-0.1, -0.05) is 45.7 Å². The number of halogens is 2. The summed E-state index contributed by atoms with van der Waals surface area (Å²) >= 11 is 9.26. The summed E-state index contributed by atoms with van der Waals surface area (Å²) in [5.74, 6) is -0.913. The number of benzene rings is 2. The van der Waals surface area contributed by atoms with Crippen LogP contribution in [-0.2, 0) is 0 Å². The molecule has 7 heteroatoms. The average Bonchev–Trinajstić information content (AvgIpc) is 2.92. The maximum Gasteiger partial charge on any atom is 0.305 e. The highest BCUT2D eigenvalue weighted by Gasteiger charge is 2.18.